The highest BCUT2D eigenvalue weighted by molar-refractivity contribution is 14.1. The third kappa shape index (κ3) is 2.12. The van der Waals surface area contributed by atoms with Crippen LogP contribution in [0.1, 0.15) is 11.6 Å². The van der Waals surface area contributed by atoms with Crippen LogP contribution in [-0.2, 0) is 12.4 Å². The number of nitrogens with zero attached hydrogens (tertiary/aromatic N) is 3. The van der Waals surface area contributed by atoms with E-state index in [-0.39, 0.29) is 0 Å². The Morgan fingerprint density at radius 1 is 1.33 bits per heavy atom. The molecule has 0 amide bonds. The van der Waals surface area contributed by atoms with Crippen LogP contribution in [0.2, 0.25) is 0 Å². The van der Waals surface area contributed by atoms with Crippen LogP contribution in [0.25, 0.3) is 11.0 Å². The molecule has 0 N–H and O–H groups in total. The van der Waals surface area contributed by atoms with Crippen LogP contribution in [0.15, 0.2) is 35.0 Å². The zero-order valence-corrected chi connectivity index (χ0v) is 12.2. The lowest BCUT2D eigenvalue weighted by atomic mass is 10.3. The first-order valence-electron chi connectivity index (χ1n) is 5.38. The fourth-order valence-corrected chi connectivity index (χ4v) is 2.59. The standard InChI is InChI=1S/C12H9ClIN3O/c13-6-12-16-10-5-8(14)1-2-11(10)17(12)7-9-3-4-15-18-9/h1-5H,6-7H2. The summed E-state index contributed by atoms with van der Waals surface area (Å²) in [6.45, 7) is 0.596. The Bertz CT molecular complexity index is 678. The summed E-state index contributed by atoms with van der Waals surface area (Å²) < 4.78 is 8.35. The number of halogens is 2. The lowest BCUT2D eigenvalue weighted by Gasteiger charge is -2.04. The number of hydrogen-bond donors (Lipinski definition) is 0. The van der Waals surface area contributed by atoms with Crippen LogP contribution in [-0.4, -0.2) is 14.7 Å². The highest BCUT2D eigenvalue weighted by Crippen LogP contribution is 2.21. The van der Waals surface area contributed by atoms with Crippen LogP contribution in [0, 0.1) is 3.57 Å². The molecule has 0 saturated carbocycles. The van der Waals surface area contributed by atoms with E-state index in [1.54, 1.807) is 6.20 Å². The summed E-state index contributed by atoms with van der Waals surface area (Å²) in [6.07, 6.45) is 1.64. The monoisotopic (exact) mass is 373 g/mol. The third-order valence-electron chi connectivity index (χ3n) is 2.71. The van der Waals surface area contributed by atoms with E-state index in [4.69, 9.17) is 16.1 Å². The number of rotatable bonds is 3. The van der Waals surface area contributed by atoms with Crippen molar-refractivity contribution in [2.24, 2.45) is 0 Å². The van der Waals surface area contributed by atoms with Crippen LogP contribution in [0.5, 0.6) is 0 Å². The fraction of sp³-hybridized carbons (Fsp3) is 0.167. The second-order valence-electron chi connectivity index (χ2n) is 3.86. The van der Waals surface area contributed by atoms with Crippen molar-refractivity contribution in [1.29, 1.82) is 0 Å². The number of hydrogen-bond acceptors (Lipinski definition) is 3. The minimum Gasteiger partial charge on any atom is -0.359 e. The van der Waals surface area contributed by atoms with E-state index in [0.29, 0.717) is 12.4 Å². The van der Waals surface area contributed by atoms with Gasteiger partial charge in [0.2, 0.25) is 0 Å². The van der Waals surface area contributed by atoms with Crippen molar-refractivity contribution < 1.29 is 4.52 Å². The van der Waals surface area contributed by atoms with Crippen molar-refractivity contribution >= 4 is 45.2 Å². The van der Waals surface area contributed by atoms with Gasteiger partial charge in [0.1, 0.15) is 5.82 Å². The van der Waals surface area contributed by atoms with Gasteiger partial charge in [-0.15, -0.1) is 11.6 Å². The normalized spacial score (nSPS) is 11.2. The summed E-state index contributed by atoms with van der Waals surface area (Å²) >= 11 is 8.22. The molecule has 2 heterocycles. The quantitative estimate of drug-likeness (QED) is 0.522. The zero-order valence-electron chi connectivity index (χ0n) is 9.31. The van der Waals surface area contributed by atoms with Gasteiger partial charge < -0.3 is 9.09 Å². The lowest BCUT2D eigenvalue weighted by Crippen LogP contribution is -2.02. The van der Waals surface area contributed by atoms with Gasteiger partial charge in [-0.25, -0.2) is 4.98 Å². The van der Waals surface area contributed by atoms with Crippen LogP contribution in [0.4, 0.5) is 0 Å². The van der Waals surface area contributed by atoms with E-state index in [1.165, 1.54) is 0 Å². The van der Waals surface area contributed by atoms with E-state index in [0.717, 1.165) is 26.2 Å². The smallest absolute Gasteiger partial charge is 0.156 e. The lowest BCUT2D eigenvalue weighted by molar-refractivity contribution is 0.376. The largest absolute Gasteiger partial charge is 0.359 e. The second kappa shape index (κ2) is 4.89. The number of fused-ring (bicyclic) bond motifs is 1. The Hall–Kier alpha value is -1.08. The first-order chi connectivity index (χ1) is 8.78. The number of imidazole rings is 1. The van der Waals surface area contributed by atoms with Crippen molar-refractivity contribution in [3.05, 3.63) is 45.6 Å². The molecular weight excluding hydrogens is 365 g/mol. The van der Waals surface area contributed by atoms with Crippen LogP contribution < -0.4 is 0 Å². The Morgan fingerprint density at radius 3 is 2.94 bits per heavy atom. The molecular formula is C12H9ClIN3O. The molecule has 0 unspecified atom stereocenters. The molecule has 2 aromatic heterocycles. The molecule has 1 aromatic carbocycles. The van der Waals surface area contributed by atoms with Gasteiger partial charge in [0.15, 0.2) is 5.76 Å². The summed E-state index contributed by atoms with van der Waals surface area (Å²) in [5, 5.41) is 3.71. The fourth-order valence-electron chi connectivity index (χ4n) is 1.91. The average molecular weight is 374 g/mol. The molecule has 0 fully saturated rings. The molecule has 0 aliphatic carbocycles. The van der Waals surface area contributed by atoms with Crippen LogP contribution >= 0.6 is 34.2 Å². The van der Waals surface area contributed by atoms with Gasteiger partial charge in [0.05, 0.1) is 29.7 Å². The third-order valence-corrected chi connectivity index (χ3v) is 3.62. The molecule has 3 aromatic rings. The Balaban J connectivity index is 2.13. The van der Waals surface area contributed by atoms with Gasteiger partial charge in [0, 0.05) is 9.64 Å². The molecule has 0 spiro atoms. The van der Waals surface area contributed by atoms with Gasteiger partial charge in [0.25, 0.3) is 0 Å². The van der Waals surface area contributed by atoms with E-state index in [2.05, 4.69) is 49.4 Å². The zero-order chi connectivity index (χ0) is 12.5. The van der Waals surface area contributed by atoms with Crippen molar-refractivity contribution in [2.75, 3.05) is 0 Å². The highest BCUT2D eigenvalue weighted by Gasteiger charge is 2.11. The highest BCUT2D eigenvalue weighted by atomic mass is 127. The number of benzene rings is 1. The minimum atomic E-state index is 0.374. The van der Waals surface area contributed by atoms with Gasteiger partial charge in [-0.05, 0) is 40.8 Å². The maximum Gasteiger partial charge on any atom is 0.156 e. The summed E-state index contributed by atoms with van der Waals surface area (Å²) in [5.74, 6) is 2.00. The van der Waals surface area contributed by atoms with Crippen molar-refractivity contribution in [3.63, 3.8) is 0 Å². The Morgan fingerprint density at radius 2 is 2.22 bits per heavy atom. The molecule has 0 saturated heterocycles. The molecule has 6 heteroatoms. The van der Waals surface area contributed by atoms with Gasteiger partial charge in [-0.1, -0.05) is 5.16 Å². The van der Waals surface area contributed by atoms with Crippen molar-refractivity contribution in [2.45, 2.75) is 12.4 Å². The molecule has 3 rings (SSSR count). The van der Waals surface area contributed by atoms with Crippen molar-refractivity contribution in [1.82, 2.24) is 14.7 Å². The summed E-state index contributed by atoms with van der Waals surface area (Å²) in [6, 6.07) is 8.00. The molecule has 0 atom stereocenters. The molecule has 0 aliphatic heterocycles. The molecule has 4 nitrogen and oxygen atoms in total. The van der Waals surface area contributed by atoms with E-state index in [9.17, 15) is 0 Å². The molecule has 0 aliphatic rings. The molecule has 0 bridgehead atoms. The van der Waals surface area contributed by atoms with Crippen molar-refractivity contribution in [3.8, 4) is 0 Å². The summed E-state index contributed by atoms with van der Waals surface area (Å²) in [4.78, 5) is 4.54. The summed E-state index contributed by atoms with van der Waals surface area (Å²) in [5.41, 5.74) is 2.01. The van der Waals surface area contributed by atoms with E-state index >= 15 is 0 Å². The Kier molecular flexibility index (Phi) is 3.25. The minimum absolute atomic E-state index is 0.374. The second-order valence-corrected chi connectivity index (χ2v) is 5.37. The predicted molar refractivity (Wildman–Crippen MR) is 77.6 cm³/mol. The molecule has 18 heavy (non-hydrogen) atoms. The van der Waals surface area contributed by atoms with Gasteiger partial charge in [-0.3, -0.25) is 0 Å². The maximum atomic E-state index is 5.95. The molecule has 92 valence electrons. The average Bonchev–Trinajstić information content (AvgIpc) is 2.97. The van der Waals surface area contributed by atoms with E-state index in [1.807, 2.05) is 12.1 Å². The topological polar surface area (TPSA) is 43.9 Å². The van der Waals surface area contributed by atoms with Gasteiger partial charge in [-0.2, -0.15) is 0 Å². The first-order valence-corrected chi connectivity index (χ1v) is 6.99. The summed E-state index contributed by atoms with van der Waals surface area (Å²) in [7, 11) is 0. The first kappa shape index (κ1) is 12.0. The van der Waals surface area contributed by atoms with Gasteiger partial charge >= 0.3 is 0 Å². The number of alkyl halides is 1. The van der Waals surface area contributed by atoms with E-state index < -0.39 is 0 Å². The SMILES string of the molecule is ClCc1nc2cc(I)ccc2n1Cc1ccno1. The van der Waals surface area contributed by atoms with Crippen LogP contribution in [0.3, 0.4) is 0 Å². The predicted octanol–water partition coefficient (Wildman–Crippen LogP) is 3.42. The molecule has 0 radical (unpaired) electrons. The Labute approximate surface area is 122 Å². The maximum absolute atomic E-state index is 5.95. The number of aromatic nitrogens is 3.